The molecule has 0 saturated carbocycles. The topological polar surface area (TPSA) is 12.0 Å². The molecule has 2 aromatic carbocycles. The molecule has 4 heteroatoms. The summed E-state index contributed by atoms with van der Waals surface area (Å²) in [5, 5.41) is 3.16. The fourth-order valence-corrected chi connectivity index (χ4v) is 2.24. The van der Waals surface area contributed by atoms with Crippen LogP contribution >= 0.6 is 11.6 Å². The number of hydrogen-bond donors (Lipinski definition) is 1. The monoisotopic (exact) mass is 295 g/mol. The van der Waals surface area contributed by atoms with Crippen molar-refractivity contribution in [3.05, 3.63) is 71.3 Å². The second-order valence-corrected chi connectivity index (χ2v) is 4.94. The Bertz CT molecular complexity index is 545. The van der Waals surface area contributed by atoms with Gasteiger partial charge in [0, 0.05) is 24.0 Å². The maximum Gasteiger partial charge on any atom is 0.163 e. The number of halogens is 3. The van der Waals surface area contributed by atoms with Gasteiger partial charge >= 0.3 is 0 Å². The molecule has 0 aliphatic rings. The summed E-state index contributed by atoms with van der Waals surface area (Å²) in [5.74, 6) is -1.21. The van der Waals surface area contributed by atoms with Crippen molar-refractivity contribution in [1.82, 2.24) is 5.32 Å². The number of benzene rings is 2. The molecule has 0 aliphatic heterocycles. The van der Waals surface area contributed by atoms with Crippen molar-refractivity contribution in [2.75, 3.05) is 5.88 Å². The summed E-state index contributed by atoms with van der Waals surface area (Å²) < 4.78 is 26.6. The van der Waals surface area contributed by atoms with Crippen molar-refractivity contribution in [3.8, 4) is 0 Å². The van der Waals surface area contributed by atoms with Crippen LogP contribution in [0.15, 0.2) is 48.5 Å². The van der Waals surface area contributed by atoms with Crippen molar-refractivity contribution < 1.29 is 8.78 Å². The van der Waals surface area contributed by atoms with Gasteiger partial charge in [0.2, 0.25) is 0 Å². The summed E-state index contributed by atoms with van der Waals surface area (Å²) in [6, 6.07) is 14.1. The van der Waals surface area contributed by atoms with Crippen LogP contribution in [0.5, 0.6) is 0 Å². The summed E-state index contributed by atoms with van der Waals surface area (Å²) in [7, 11) is 0. The third-order valence-electron chi connectivity index (χ3n) is 3.12. The molecule has 2 aromatic rings. The molecule has 0 heterocycles. The molecule has 0 aliphatic carbocycles. The van der Waals surface area contributed by atoms with E-state index in [1.165, 1.54) is 6.07 Å². The van der Waals surface area contributed by atoms with Gasteiger partial charge in [-0.05, 0) is 18.1 Å². The van der Waals surface area contributed by atoms with Crippen LogP contribution in [0.3, 0.4) is 0 Å². The van der Waals surface area contributed by atoms with Gasteiger partial charge in [0.05, 0.1) is 0 Å². The van der Waals surface area contributed by atoms with Gasteiger partial charge in [0.15, 0.2) is 11.6 Å². The van der Waals surface area contributed by atoms with Crippen molar-refractivity contribution >= 4 is 11.6 Å². The maximum atomic E-state index is 13.5. The zero-order valence-electron chi connectivity index (χ0n) is 11.0. The quantitative estimate of drug-likeness (QED) is 0.797. The van der Waals surface area contributed by atoms with Crippen LogP contribution in [0.25, 0.3) is 0 Å². The Labute approximate surface area is 122 Å². The lowest BCUT2D eigenvalue weighted by Crippen LogP contribution is -2.32. The number of nitrogens with one attached hydrogen (secondary N) is 1. The lowest BCUT2D eigenvalue weighted by atomic mass is 10.1. The van der Waals surface area contributed by atoms with Gasteiger partial charge in [0.1, 0.15) is 0 Å². The molecule has 1 nitrogen and oxygen atoms in total. The number of hydrogen-bond acceptors (Lipinski definition) is 1. The van der Waals surface area contributed by atoms with E-state index in [2.05, 4.69) is 5.32 Å². The lowest BCUT2D eigenvalue weighted by Gasteiger charge is -2.16. The smallest absolute Gasteiger partial charge is 0.163 e. The molecule has 0 radical (unpaired) electrons. The molecule has 1 unspecified atom stereocenters. The van der Waals surface area contributed by atoms with Crippen molar-refractivity contribution in [2.45, 2.75) is 19.0 Å². The van der Waals surface area contributed by atoms with Gasteiger partial charge < -0.3 is 5.32 Å². The average molecular weight is 296 g/mol. The zero-order chi connectivity index (χ0) is 14.4. The Morgan fingerprint density at radius 1 is 1.00 bits per heavy atom. The van der Waals surface area contributed by atoms with Crippen LogP contribution in [-0.2, 0) is 13.0 Å². The molecule has 0 bridgehead atoms. The Balaban J connectivity index is 1.95. The first kappa shape index (κ1) is 14.9. The van der Waals surface area contributed by atoms with E-state index in [0.717, 1.165) is 18.1 Å². The SMILES string of the molecule is Fc1cccc(CNC(CCl)Cc2ccccc2)c1F. The molecular weight excluding hydrogens is 280 g/mol. The van der Waals surface area contributed by atoms with Gasteiger partial charge in [-0.2, -0.15) is 0 Å². The summed E-state index contributed by atoms with van der Waals surface area (Å²) in [5.41, 5.74) is 1.47. The molecular formula is C16H16ClF2N. The van der Waals surface area contributed by atoms with Gasteiger partial charge in [-0.25, -0.2) is 8.78 Å². The third-order valence-corrected chi connectivity index (χ3v) is 3.50. The first-order chi connectivity index (χ1) is 9.70. The highest BCUT2D eigenvalue weighted by molar-refractivity contribution is 6.18. The molecule has 0 fully saturated rings. The van der Waals surface area contributed by atoms with Gasteiger partial charge in [-0.1, -0.05) is 42.5 Å². The molecule has 1 atom stereocenters. The summed E-state index contributed by atoms with van der Waals surface area (Å²) in [4.78, 5) is 0. The largest absolute Gasteiger partial charge is 0.308 e. The second kappa shape index (κ2) is 7.36. The summed E-state index contributed by atoms with van der Waals surface area (Å²) in [6.45, 7) is 0.258. The van der Waals surface area contributed by atoms with E-state index < -0.39 is 11.6 Å². The van der Waals surface area contributed by atoms with Crippen LogP contribution in [0, 0.1) is 11.6 Å². The van der Waals surface area contributed by atoms with Crippen LogP contribution < -0.4 is 5.32 Å². The Hall–Kier alpha value is -1.45. The van der Waals surface area contributed by atoms with E-state index >= 15 is 0 Å². The van der Waals surface area contributed by atoms with Crippen LogP contribution in [-0.4, -0.2) is 11.9 Å². The molecule has 106 valence electrons. The van der Waals surface area contributed by atoms with Crippen molar-refractivity contribution in [1.29, 1.82) is 0 Å². The molecule has 0 amide bonds. The summed E-state index contributed by atoms with van der Waals surface area (Å²) in [6.07, 6.45) is 0.751. The van der Waals surface area contributed by atoms with Crippen LogP contribution in [0.2, 0.25) is 0 Å². The predicted octanol–water partition coefficient (Wildman–Crippen LogP) is 3.90. The lowest BCUT2D eigenvalue weighted by molar-refractivity contribution is 0.481. The minimum Gasteiger partial charge on any atom is -0.308 e. The minimum atomic E-state index is -0.824. The van der Waals surface area contributed by atoms with E-state index in [9.17, 15) is 8.78 Å². The molecule has 20 heavy (non-hydrogen) atoms. The normalized spacial score (nSPS) is 12.3. The zero-order valence-corrected chi connectivity index (χ0v) is 11.7. The number of rotatable bonds is 6. The predicted molar refractivity (Wildman–Crippen MR) is 77.9 cm³/mol. The Morgan fingerprint density at radius 2 is 1.75 bits per heavy atom. The van der Waals surface area contributed by atoms with E-state index in [0.29, 0.717) is 11.4 Å². The van der Waals surface area contributed by atoms with Crippen LogP contribution in [0.4, 0.5) is 8.78 Å². The molecule has 1 N–H and O–H groups in total. The fraction of sp³-hybridized carbons (Fsp3) is 0.250. The average Bonchev–Trinajstić information content (AvgIpc) is 2.48. The first-order valence-corrected chi connectivity index (χ1v) is 7.00. The standard InChI is InChI=1S/C16H16ClF2N/c17-10-14(9-12-5-2-1-3-6-12)20-11-13-7-4-8-15(18)16(13)19/h1-8,14,20H,9-11H2. The summed E-state index contributed by atoms with van der Waals surface area (Å²) >= 11 is 5.92. The highest BCUT2D eigenvalue weighted by Gasteiger charge is 2.11. The Kier molecular flexibility index (Phi) is 5.50. The second-order valence-electron chi connectivity index (χ2n) is 4.63. The van der Waals surface area contributed by atoms with Crippen molar-refractivity contribution in [2.24, 2.45) is 0 Å². The van der Waals surface area contributed by atoms with Gasteiger partial charge in [-0.15, -0.1) is 11.6 Å². The highest BCUT2D eigenvalue weighted by Crippen LogP contribution is 2.12. The molecule has 0 spiro atoms. The van der Waals surface area contributed by atoms with E-state index in [1.54, 1.807) is 6.07 Å². The van der Waals surface area contributed by atoms with Gasteiger partial charge in [0.25, 0.3) is 0 Å². The molecule has 0 aromatic heterocycles. The van der Waals surface area contributed by atoms with Gasteiger partial charge in [-0.3, -0.25) is 0 Å². The van der Waals surface area contributed by atoms with Crippen LogP contribution in [0.1, 0.15) is 11.1 Å². The number of alkyl halides is 1. The molecule has 0 saturated heterocycles. The van der Waals surface area contributed by atoms with E-state index in [-0.39, 0.29) is 12.6 Å². The third kappa shape index (κ3) is 4.02. The van der Waals surface area contributed by atoms with Crippen molar-refractivity contribution in [3.63, 3.8) is 0 Å². The molecule has 2 rings (SSSR count). The van der Waals surface area contributed by atoms with E-state index in [1.807, 2.05) is 30.3 Å². The fourth-order valence-electron chi connectivity index (χ4n) is 2.02. The minimum absolute atomic E-state index is 0.0155. The maximum absolute atomic E-state index is 13.5. The van der Waals surface area contributed by atoms with E-state index in [4.69, 9.17) is 11.6 Å². The first-order valence-electron chi connectivity index (χ1n) is 6.47. The highest BCUT2D eigenvalue weighted by atomic mass is 35.5. The Morgan fingerprint density at radius 3 is 2.45 bits per heavy atom.